The molecule has 0 aliphatic rings. The van der Waals surface area contributed by atoms with E-state index in [9.17, 15) is 14.0 Å². The van der Waals surface area contributed by atoms with Crippen molar-refractivity contribution in [3.8, 4) is 5.75 Å². The molecule has 1 heterocycles. The van der Waals surface area contributed by atoms with Crippen LogP contribution in [0.3, 0.4) is 0 Å². The number of esters is 1. The van der Waals surface area contributed by atoms with Crippen LogP contribution in [0.5, 0.6) is 5.75 Å². The van der Waals surface area contributed by atoms with Gasteiger partial charge in [-0.25, -0.2) is 9.18 Å². The number of rotatable bonds is 8. The Labute approximate surface area is 160 Å². The van der Waals surface area contributed by atoms with Gasteiger partial charge in [-0.3, -0.25) is 9.48 Å². The van der Waals surface area contributed by atoms with E-state index in [1.54, 1.807) is 53.5 Å². The molecule has 2 aromatic carbocycles. The topological polar surface area (TPSA) is 82.5 Å². The summed E-state index contributed by atoms with van der Waals surface area (Å²) >= 11 is 0. The van der Waals surface area contributed by atoms with E-state index in [0.29, 0.717) is 6.54 Å². The quantitative estimate of drug-likeness (QED) is 0.605. The number of aromatic nitrogens is 2. The second-order valence-corrected chi connectivity index (χ2v) is 5.72. The number of halogens is 1. The third-order valence-corrected chi connectivity index (χ3v) is 3.73. The highest BCUT2D eigenvalue weighted by atomic mass is 19.1. The second-order valence-electron chi connectivity index (χ2n) is 5.72. The summed E-state index contributed by atoms with van der Waals surface area (Å²) in [6.45, 7) is 0.182. The SMILES string of the molecule is O=C(COc1ccccc1C(=O)OCCn1cccn1)Nc1ccccc1F. The Morgan fingerprint density at radius 2 is 1.86 bits per heavy atom. The summed E-state index contributed by atoms with van der Waals surface area (Å²) in [5.74, 6) is -1.46. The number of hydrogen-bond donors (Lipinski definition) is 1. The van der Waals surface area contributed by atoms with Crippen LogP contribution in [-0.4, -0.2) is 34.9 Å². The maximum Gasteiger partial charge on any atom is 0.341 e. The molecular weight excluding hydrogens is 365 g/mol. The number of benzene rings is 2. The molecular formula is C20H18FN3O4. The Balaban J connectivity index is 1.55. The van der Waals surface area contributed by atoms with Gasteiger partial charge in [-0.1, -0.05) is 24.3 Å². The first-order valence-electron chi connectivity index (χ1n) is 8.54. The number of nitrogens with zero attached hydrogens (tertiary/aromatic N) is 2. The predicted molar refractivity (Wildman–Crippen MR) is 99.5 cm³/mol. The maximum atomic E-state index is 13.6. The summed E-state index contributed by atoms with van der Waals surface area (Å²) in [5.41, 5.74) is 0.254. The molecule has 1 N–H and O–H groups in total. The van der Waals surface area contributed by atoms with E-state index in [-0.39, 0.29) is 30.2 Å². The Morgan fingerprint density at radius 1 is 1.07 bits per heavy atom. The van der Waals surface area contributed by atoms with Crippen molar-refractivity contribution in [2.24, 2.45) is 0 Å². The minimum Gasteiger partial charge on any atom is -0.483 e. The van der Waals surface area contributed by atoms with Crippen LogP contribution in [0.15, 0.2) is 67.0 Å². The zero-order valence-corrected chi connectivity index (χ0v) is 14.9. The average molecular weight is 383 g/mol. The lowest BCUT2D eigenvalue weighted by Crippen LogP contribution is -2.21. The molecule has 0 unspecified atom stereocenters. The van der Waals surface area contributed by atoms with Gasteiger partial charge in [0.1, 0.15) is 23.7 Å². The first-order chi connectivity index (χ1) is 13.6. The summed E-state index contributed by atoms with van der Waals surface area (Å²) in [7, 11) is 0. The van der Waals surface area contributed by atoms with E-state index in [1.807, 2.05) is 0 Å². The molecule has 0 aliphatic carbocycles. The van der Waals surface area contributed by atoms with Crippen molar-refractivity contribution in [3.05, 3.63) is 78.4 Å². The van der Waals surface area contributed by atoms with Crippen LogP contribution in [0.25, 0.3) is 0 Å². The van der Waals surface area contributed by atoms with Crippen molar-refractivity contribution < 1.29 is 23.5 Å². The van der Waals surface area contributed by atoms with Gasteiger partial charge in [0.25, 0.3) is 5.91 Å². The minimum absolute atomic E-state index is 0.0578. The molecule has 0 saturated carbocycles. The molecule has 0 aliphatic heterocycles. The van der Waals surface area contributed by atoms with Crippen molar-refractivity contribution in [2.75, 3.05) is 18.5 Å². The van der Waals surface area contributed by atoms with Gasteiger partial charge in [0, 0.05) is 12.4 Å². The number of carbonyl (C=O) groups is 2. The monoisotopic (exact) mass is 383 g/mol. The summed E-state index contributed by atoms with van der Waals surface area (Å²) < 4.78 is 25.9. The number of anilines is 1. The molecule has 0 atom stereocenters. The predicted octanol–water partition coefficient (Wildman–Crippen LogP) is 2.90. The van der Waals surface area contributed by atoms with Crippen LogP contribution in [-0.2, 0) is 16.1 Å². The van der Waals surface area contributed by atoms with E-state index in [1.165, 1.54) is 18.2 Å². The molecule has 0 fully saturated rings. The Kier molecular flexibility index (Phi) is 6.35. The first-order valence-corrected chi connectivity index (χ1v) is 8.54. The Bertz CT molecular complexity index is 944. The van der Waals surface area contributed by atoms with Crippen LogP contribution >= 0.6 is 0 Å². The average Bonchev–Trinajstić information content (AvgIpc) is 3.22. The highest BCUT2D eigenvalue weighted by Gasteiger charge is 2.15. The van der Waals surface area contributed by atoms with Crippen LogP contribution in [0.4, 0.5) is 10.1 Å². The summed E-state index contributed by atoms with van der Waals surface area (Å²) in [6.07, 6.45) is 3.40. The van der Waals surface area contributed by atoms with Crippen molar-refractivity contribution >= 4 is 17.6 Å². The molecule has 3 aromatic rings. The highest BCUT2D eigenvalue weighted by Crippen LogP contribution is 2.19. The van der Waals surface area contributed by atoms with Gasteiger partial charge in [0.15, 0.2) is 6.61 Å². The van der Waals surface area contributed by atoms with Gasteiger partial charge < -0.3 is 14.8 Å². The fraction of sp³-hybridized carbons (Fsp3) is 0.150. The largest absolute Gasteiger partial charge is 0.483 e. The molecule has 0 radical (unpaired) electrons. The first kappa shape index (κ1) is 19.1. The van der Waals surface area contributed by atoms with Crippen molar-refractivity contribution in [1.29, 1.82) is 0 Å². The van der Waals surface area contributed by atoms with Crippen molar-refractivity contribution in [2.45, 2.75) is 6.54 Å². The van der Waals surface area contributed by atoms with Crippen molar-refractivity contribution in [3.63, 3.8) is 0 Å². The highest BCUT2D eigenvalue weighted by molar-refractivity contribution is 5.94. The lowest BCUT2D eigenvalue weighted by atomic mass is 10.2. The molecule has 144 valence electrons. The number of ether oxygens (including phenoxy) is 2. The molecule has 0 spiro atoms. The molecule has 3 rings (SSSR count). The lowest BCUT2D eigenvalue weighted by Gasteiger charge is -2.12. The van der Waals surface area contributed by atoms with E-state index < -0.39 is 17.7 Å². The van der Waals surface area contributed by atoms with Crippen LogP contribution in [0.1, 0.15) is 10.4 Å². The van der Waals surface area contributed by atoms with Gasteiger partial charge >= 0.3 is 5.97 Å². The van der Waals surface area contributed by atoms with E-state index in [0.717, 1.165) is 0 Å². The zero-order chi connectivity index (χ0) is 19.8. The number of hydrogen-bond acceptors (Lipinski definition) is 5. The smallest absolute Gasteiger partial charge is 0.341 e. The molecule has 0 saturated heterocycles. The Hall–Kier alpha value is -3.68. The number of para-hydroxylation sites is 2. The molecule has 8 heteroatoms. The van der Waals surface area contributed by atoms with Gasteiger partial charge in [-0.05, 0) is 30.3 Å². The second kappa shape index (κ2) is 9.31. The molecule has 28 heavy (non-hydrogen) atoms. The summed E-state index contributed by atoms with van der Waals surface area (Å²) in [6, 6.07) is 14.0. The number of carbonyl (C=O) groups excluding carboxylic acids is 2. The lowest BCUT2D eigenvalue weighted by molar-refractivity contribution is -0.118. The Morgan fingerprint density at radius 3 is 2.64 bits per heavy atom. The third kappa shape index (κ3) is 5.16. The molecule has 1 amide bonds. The van der Waals surface area contributed by atoms with E-state index >= 15 is 0 Å². The molecule has 0 bridgehead atoms. The zero-order valence-electron chi connectivity index (χ0n) is 14.9. The van der Waals surface area contributed by atoms with Crippen LogP contribution < -0.4 is 10.1 Å². The molecule has 1 aromatic heterocycles. The van der Waals surface area contributed by atoms with Crippen LogP contribution in [0, 0.1) is 5.82 Å². The van der Waals surface area contributed by atoms with Gasteiger partial charge in [0.05, 0.1) is 12.2 Å². The van der Waals surface area contributed by atoms with Gasteiger partial charge in [-0.2, -0.15) is 5.10 Å². The maximum absolute atomic E-state index is 13.6. The van der Waals surface area contributed by atoms with Gasteiger partial charge in [0.2, 0.25) is 0 Å². The third-order valence-electron chi connectivity index (χ3n) is 3.73. The van der Waals surface area contributed by atoms with E-state index in [2.05, 4.69) is 10.4 Å². The normalized spacial score (nSPS) is 10.3. The fourth-order valence-corrected chi connectivity index (χ4v) is 2.40. The summed E-state index contributed by atoms with van der Waals surface area (Å²) in [5, 5.41) is 6.44. The van der Waals surface area contributed by atoms with Crippen LogP contribution in [0.2, 0.25) is 0 Å². The standard InChI is InChI=1S/C20H18FN3O4/c21-16-7-2-3-8-17(16)23-19(25)14-28-18-9-4-1-6-15(18)20(26)27-13-12-24-11-5-10-22-24/h1-11H,12-14H2,(H,23,25). The summed E-state index contributed by atoms with van der Waals surface area (Å²) in [4.78, 5) is 24.3. The fourth-order valence-electron chi connectivity index (χ4n) is 2.40. The number of nitrogens with one attached hydrogen (secondary N) is 1. The number of amides is 1. The van der Waals surface area contributed by atoms with E-state index in [4.69, 9.17) is 9.47 Å². The minimum atomic E-state index is -0.572. The van der Waals surface area contributed by atoms with Gasteiger partial charge in [-0.15, -0.1) is 0 Å². The van der Waals surface area contributed by atoms with Crippen molar-refractivity contribution in [1.82, 2.24) is 9.78 Å². The molecule has 7 nitrogen and oxygen atoms in total.